The first kappa shape index (κ1) is 11.8. The van der Waals surface area contributed by atoms with Gasteiger partial charge < -0.3 is 15.2 Å². The molecule has 1 rings (SSSR count). The van der Waals surface area contributed by atoms with E-state index < -0.39 is 5.97 Å². The van der Waals surface area contributed by atoms with Crippen LogP contribution >= 0.6 is 15.9 Å². The lowest BCUT2D eigenvalue weighted by Gasteiger charge is -2.10. The molecule has 0 spiro atoms. The fraction of sp³-hybridized carbons (Fsp3) is 0.300. The van der Waals surface area contributed by atoms with Gasteiger partial charge in [0.05, 0.1) is 19.2 Å². The van der Waals surface area contributed by atoms with Crippen molar-refractivity contribution in [1.82, 2.24) is 0 Å². The molecule has 82 valence electrons. The second kappa shape index (κ2) is 5.60. The minimum atomic E-state index is -0.823. The van der Waals surface area contributed by atoms with Crippen LogP contribution in [0, 0.1) is 0 Å². The molecular weight excluding hydrogens is 262 g/mol. The molecule has 0 saturated heterocycles. The maximum absolute atomic E-state index is 10.3. The van der Waals surface area contributed by atoms with Gasteiger partial charge in [-0.25, -0.2) is 0 Å². The van der Waals surface area contributed by atoms with Gasteiger partial charge in [0.1, 0.15) is 5.75 Å². The molecule has 0 unspecified atom stereocenters. The summed E-state index contributed by atoms with van der Waals surface area (Å²) in [6, 6.07) is 5.52. The average molecular weight is 274 g/mol. The largest absolute Gasteiger partial charge is 0.495 e. The lowest BCUT2D eigenvalue weighted by Crippen LogP contribution is -2.08. The highest BCUT2D eigenvalue weighted by atomic mass is 79.9. The predicted molar refractivity (Wildman–Crippen MR) is 61.4 cm³/mol. The Hall–Kier alpha value is -1.23. The fourth-order valence-corrected chi connectivity index (χ4v) is 1.48. The van der Waals surface area contributed by atoms with Crippen LogP contribution in [0.3, 0.4) is 0 Å². The number of nitrogens with one attached hydrogen (secondary N) is 1. The summed E-state index contributed by atoms with van der Waals surface area (Å²) in [5.41, 5.74) is 0.785. The van der Waals surface area contributed by atoms with Crippen LogP contribution in [0.2, 0.25) is 0 Å². The van der Waals surface area contributed by atoms with Gasteiger partial charge in [0, 0.05) is 11.0 Å². The van der Waals surface area contributed by atoms with Crippen LogP contribution in [0.5, 0.6) is 5.75 Å². The zero-order valence-corrected chi connectivity index (χ0v) is 9.87. The first-order valence-corrected chi connectivity index (χ1v) is 5.22. The van der Waals surface area contributed by atoms with Crippen molar-refractivity contribution in [3.8, 4) is 5.75 Å². The number of ether oxygens (including phenoxy) is 1. The van der Waals surface area contributed by atoms with Gasteiger partial charge in [-0.1, -0.05) is 15.9 Å². The molecule has 0 atom stereocenters. The van der Waals surface area contributed by atoms with Crippen molar-refractivity contribution in [1.29, 1.82) is 0 Å². The molecular formula is C10H12BrNO3. The van der Waals surface area contributed by atoms with E-state index in [1.54, 1.807) is 7.11 Å². The molecule has 0 aliphatic carbocycles. The minimum absolute atomic E-state index is 0.0790. The number of hydrogen-bond donors (Lipinski definition) is 2. The quantitative estimate of drug-likeness (QED) is 0.865. The first-order chi connectivity index (χ1) is 7.13. The Labute approximate surface area is 96.4 Å². The van der Waals surface area contributed by atoms with E-state index in [1.807, 2.05) is 18.2 Å². The molecule has 0 bridgehead atoms. The van der Waals surface area contributed by atoms with Gasteiger partial charge in [0.2, 0.25) is 0 Å². The second-order valence-electron chi connectivity index (χ2n) is 2.92. The molecule has 0 aliphatic heterocycles. The molecule has 0 radical (unpaired) electrons. The number of carboxylic acids is 1. The smallest absolute Gasteiger partial charge is 0.305 e. The molecule has 5 heteroatoms. The standard InChI is InChI=1S/C10H12BrNO3/c1-15-9-3-2-7(11)6-8(9)12-5-4-10(13)14/h2-3,6,12H,4-5H2,1H3,(H,13,14). The summed E-state index contributed by atoms with van der Waals surface area (Å²) in [5, 5.41) is 11.5. The molecule has 0 heterocycles. The molecule has 0 fully saturated rings. The Morgan fingerprint density at radius 3 is 2.93 bits per heavy atom. The van der Waals surface area contributed by atoms with Gasteiger partial charge in [-0.05, 0) is 18.2 Å². The van der Waals surface area contributed by atoms with E-state index in [4.69, 9.17) is 9.84 Å². The predicted octanol–water partition coefficient (Wildman–Crippen LogP) is 2.34. The molecule has 0 saturated carbocycles. The van der Waals surface area contributed by atoms with Crippen molar-refractivity contribution in [2.75, 3.05) is 19.0 Å². The normalized spacial score (nSPS) is 9.73. The summed E-state index contributed by atoms with van der Waals surface area (Å²) in [6.45, 7) is 0.377. The highest BCUT2D eigenvalue weighted by molar-refractivity contribution is 9.10. The Kier molecular flexibility index (Phi) is 4.42. The van der Waals surface area contributed by atoms with Crippen LogP contribution in [-0.2, 0) is 4.79 Å². The van der Waals surface area contributed by atoms with Crippen molar-refractivity contribution < 1.29 is 14.6 Å². The third-order valence-corrected chi connectivity index (χ3v) is 2.31. The van der Waals surface area contributed by atoms with Gasteiger partial charge in [-0.3, -0.25) is 4.79 Å². The fourth-order valence-electron chi connectivity index (χ4n) is 1.12. The summed E-state index contributed by atoms with van der Waals surface area (Å²) < 4.78 is 6.04. The van der Waals surface area contributed by atoms with Crippen LogP contribution in [0.4, 0.5) is 5.69 Å². The van der Waals surface area contributed by atoms with Gasteiger partial charge in [-0.15, -0.1) is 0 Å². The highest BCUT2D eigenvalue weighted by Crippen LogP contribution is 2.27. The number of carbonyl (C=O) groups is 1. The van der Waals surface area contributed by atoms with Gasteiger partial charge in [0.25, 0.3) is 0 Å². The van der Waals surface area contributed by atoms with E-state index in [0.29, 0.717) is 12.3 Å². The van der Waals surface area contributed by atoms with Crippen molar-refractivity contribution in [2.24, 2.45) is 0 Å². The molecule has 1 aromatic rings. The number of hydrogen-bond acceptors (Lipinski definition) is 3. The van der Waals surface area contributed by atoms with E-state index in [2.05, 4.69) is 21.2 Å². The number of benzene rings is 1. The first-order valence-electron chi connectivity index (χ1n) is 4.42. The van der Waals surface area contributed by atoms with E-state index in [-0.39, 0.29) is 6.42 Å². The number of carboxylic acid groups (broad SMARTS) is 1. The monoisotopic (exact) mass is 273 g/mol. The van der Waals surface area contributed by atoms with Gasteiger partial charge >= 0.3 is 5.97 Å². The SMILES string of the molecule is COc1ccc(Br)cc1NCCC(=O)O. The lowest BCUT2D eigenvalue weighted by molar-refractivity contribution is -0.136. The van der Waals surface area contributed by atoms with Crippen LogP contribution in [0.1, 0.15) is 6.42 Å². The maximum atomic E-state index is 10.3. The summed E-state index contributed by atoms with van der Waals surface area (Å²) in [5.74, 6) is -0.125. The minimum Gasteiger partial charge on any atom is -0.495 e. The van der Waals surface area contributed by atoms with E-state index in [0.717, 1.165) is 10.2 Å². The molecule has 0 aromatic heterocycles. The van der Waals surface area contributed by atoms with E-state index in [1.165, 1.54) is 0 Å². The molecule has 15 heavy (non-hydrogen) atoms. The third-order valence-electron chi connectivity index (χ3n) is 1.82. The number of halogens is 1. The summed E-state index contributed by atoms with van der Waals surface area (Å²) in [6.07, 6.45) is 0.0790. The zero-order valence-electron chi connectivity index (χ0n) is 8.29. The van der Waals surface area contributed by atoms with Crippen LogP contribution in [0.25, 0.3) is 0 Å². The summed E-state index contributed by atoms with van der Waals surface area (Å²) >= 11 is 3.33. The number of anilines is 1. The number of aliphatic carboxylic acids is 1. The van der Waals surface area contributed by atoms with Crippen molar-refractivity contribution >= 4 is 27.6 Å². The Balaban J connectivity index is 2.65. The molecule has 0 aliphatic rings. The lowest BCUT2D eigenvalue weighted by atomic mass is 10.3. The molecule has 0 amide bonds. The van der Waals surface area contributed by atoms with Crippen molar-refractivity contribution in [3.05, 3.63) is 22.7 Å². The van der Waals surface area contributed by atoms with Crippen LogP contribution in [0.15, 0.2) is 22.7 Å². The molecule has 2 N–H and O–H groups in total. The molecule has 1 aromatic carbocycles. The number of methoxy groups -OCH3 is 1. The number of rotatable bonds is 5. The van der Waals surface area contributed by atoms with Gasteiger partial charge in [0.15, 0.2) is 0 Å². The van der Waals surface area contributed by atoms with Crippen LogP contribution < -0.4 is 10.1 Å². The third kappa shape index (κ3) is 3.79. The average Bonchev–Trinajstić information content (AvgIpc) is 2.17. The van der Waals surface area contributed by atoms with Crippen molar-refractivity contribution in [2.45, 2.75) is 6.42 Å². The van der Waals surface area contributed by atoms with Gasteiger partial charge in [-0.2, -0.15) is 0 Å². The second-order valence-corrected chi connectivity index (χ2v) is 3.83. The van der Waals surface area contributed by atoms with Crippen molar-refractivity contribution in [3.63, 3.8) is 0 Å². The Morgan fingerprint density at radius 2 is 2.33 bits per heavy atom. The topological polar surface area (TPSA) is 58.6 Å². The Bertz CT molecular complexity index is 355. The highest BCUT2D eigenvalue weighted by Gasteiger charge is 2.03. The summed E-state index contributed by atoms with van der Waals surface area (Å²) in [4.78, 5) is 10.3. The summed E-state index contributed by atoms with van der Waals surface area (Å²) in [7, 11) is 1.58. The maximum Gasteiger partial charge on any atom is 0.305 e. The molecule has 4 nitrogen and oxygen atoms in total. The van der Waals surface area contributed by atoms with Crippen LogP contribution in [-0.4, -0.2) is 24.7 Å². The zero-order chi connectivity index (χ0) is 11.3. The Morgan fingerprint density at radius 1 is 1.60 bits per heavy atom. The van der Waals surface area contributed by atoms with E-state index >= 15 is 0 Å². The van der Waals surface area contributed by atoms with E-state index in [9.17, 15) is 4.79 Å².